The fourth-order valence-electron chi connectivity index (χ4n) is 3.66. The van der Waals surface area contributed by atoms with E-state index in [1.807, 2.05) is 13.8 Å². The molecule has 3 amide bonds. The van der Waals surface area contributed by atoms with Crippen molar-refractivity contribution in [1.82, 2.24) is 16.0 Å². The molecule has 0 radical (unpaired) electrons. The molecular formula is C25H39N7O8. The van der Waals surface area contributed by atoms with E-state index >= 15 is 0 Å². The van der Waals surface area contributed by atoms with Gasteiger partial charge in [0, 0.05) is 13.0 Å². The van der Waals surface area contributed by atoms with E-state index in [0.29, 0.717) is 12.0 Å². The van der Waals surface area contributed by atoms with Gasteiger partial charge in [0.05, 0.1) is 12.5 Å². The molecule has 0 saturated heterocycles. The summed E-state index contributed by atoms with van der Waals surface area (Å²) >= 11 is 0. The van der Waals surface area contributed by atoms with Gasteiger partial charge in [0.15, 0.2) is 5.96 Å². The van der Waals surface area contributed by atoms with Crippen molar-refractivity contribution in [3.63, 3.8) is 0 Å². The number of benzene rings is 1. The number of carbonyl (C=O) groups excluding carboxylic acids is 3. The van der Waals surface area contributed by atoms with Crippen LogP contribution in [-0.2, 0) is 30.4 Å². The molecule has 0 aliphatic carbocycles. The van der Waals surface area contributed by atoms with E-state index < -0.39 is 60.2 Å². The Labute approximate surface area is 231 Å². The van der Waals surface area contributed by atoms with Crippen LogP contribution in [0.5, 0.6) is 5.75 Å². The second-order valence-electron chi connectivity index (χ2n) is 9.68. The first-order chi connectivity index (χ1) is 18.7. The average Bonchev–Trinajstić information content (AvgIpc) is 2.85. The van der Waals surface area contributed by atoms with Crippen molar-refractivity contribution < 1.29 is 39.3 Å². The number of nitrogens with zero attached hydrogens (tertiary/aromatic N) is 1. The molecule has 15 nitrogen and oxygen atoms in total. The molecule has 4 atom stereocenters. The van der Waals surface area contributed by atoms with Crippen LogP contribution in [0, 0.1) is 5.92 Å². The Kier molecular flexibility index (Phi) is 13.9. The number of hydrogen-bond donors (Lipinski definition) is 9. The first-order valence-electron chi connectivity index (χ1n) is 12.6. The topological polar surface area (TPSA) is 273 Å². The molecule has 15 heteroatoms. The minimum atomic E-state index is -1.76. The highest BCUT2D eigenvalue weighted by atomic mass is 16.4. The molecular weight excluding hydrogens is 526 g/mol. The van der Waals surface area contributed by atoms with Crippen molar-refractivity contribution >= 4 is 35.6 Å². The van der Waals surface area contributed by atoms with Crippen molar-refractivity contribution in [3.8, 4) is 5.75 Å². The zero-order valence-electron chi connectivity index (χ0n) is 22.5. The highest BCUT2D eigenvalue weighted by molar-refractivity contribution is 5.94. The molecule has 0 fully saturated rings. The van der Waals surface area contributed by atoms with Crippen LogP contribution in [-0.4, -0.2) is 81.7 Å². The van der Waals surface area contributed by atoms with Crippen LogP contribution in [0.25, 0.3) is 0 Å². The minimum Gasteiger partial charge on any atom is -0.508 e. The van der Waals surface area contributed by atoms with Gasteiger partial charge in [-0.15, -0.1) is 0 Å². The summed E-state index contributed by atoms with van der Waals surface area (Å²) in [6.45, 7) is 3.93. The van der Waals surface area contributed by atoms with E-state index in [1.54, 1.807) is 0 Å². The number of rotatable bonds is 17. The number of aromatic hydroxyl groups is 1. The minimum absolute atomic E-state index is 0.0394. The zero-order valence-corrected chi connectivity index (χ0v) is 22.5. The predicted molar refractivity (Wildman–Crippen MR) is 145 cm³/mol. The van der Waals surface area contributed by atoms with Gasteiger partial charge in [-0.25, -0.2) is 4.79 Å². The molecule has 12 N–H and O–H groups in total. The fourth-order valence-corrected chi connectivity index (χ4v) is 3.66. The van der Waals surface area contributed by atoms with Gasteiger partial charge in [0.25, 0.3) is 0 Å². The Bertz CT molecular complexity index is 1060. The smallest absolute Gasteiger partial charge is 0.326 e. The van der Waals surface area contributed by atoms with Gasteiger partial charge >= 0.3 is 11.9 Å². The van der Waals surface area contributed by atoms with Gasteiger partial charge in [0.2, 0.25) is 17.7 Å². The largest absolute Gasteiger partial charge is 0.508 e. The van der Waals surface area contributed by atoms with Gasteiger partial charge < -0.3 is 48.5 Å². The Balaban J connectivity index is 3.20. The molecule has 0 aliphatic rings. The fraction of sp³-hybridized carbons (Fsp3) is 0.520. The van der Waals surface area contributed by atoms with Gasteiger partial charge in [-0.1, -0.05) is 26.0 Å². The molecule has 1 aromatic carbocycles. The number of carbonyl (C=O) groups is 5. The molecule has 1 aromatic rings. The van der Waals surface area contributed by atoms with Crippen molar-refractivity contribution in [3.05, 3.63) is 29.8 Å². The molecule has 40 heavy (non-hydrogen) atoms. The first kappa shape index (κ1) is 33.6. The molecule has 1 rings (SSSR count). The summed E-state index contributed by atoms with van der Waals surface area (Å²) in [4.78, 5) is 65.5. The second-order valence-corrected chi connectivity index (χ2v) is 9.68. The third-order valence-corrected chi connectivity index (χ3v) is 5.64. The molecule has 0 bridgehead atoms. The quantitative estimate of drug-likeness (QED) is 0.0587. The number of phenolic OH excluding ortho intramolecular Hbond substituents is 1. The Hall–Kier alpha value is -4.40. The van der Waals surface area contributed by atoms with Gasteiger partial charge in [-0.05, 0) is 42.9 Å². The molecule has 222 valence electrons. The Morgan fingerprint density at radius 3 is 1.95 bits per heavy atom. The van der Waals surface area contributed by atoms with E-state index in [-0.39, 0.29) is 43.4 Å². The van der Waals surface area contributed by atoms with E-state index in [2.05, 4.69) is 20.9 Å². The highest BCUT2D eigenvalue weighted by Gasteiger charge is 2.31. The summed E-state index contributed by atoms with van der Waals surface area (Å²) in [5.41, 5.74) is 17.1. The van der Waals surface area contributed by atoms with E-state index in [1.165, 1.54) is 24.3 Å². The molecule has 4 unspecified atom stereocenters. The van der Waals surface area contributed by atoms with Crippen molar-refractivity contribution in [1.29, 1.82) is 0 Å². The molecule has 0 spiro atoms. The lowest BCUT2D eigenvalue weighted by molar-refractivity contribution is -0.147. The van der Waals surface area contributed by atoms with Crippen molar-refractivity contribution in [2.75, 3.05) is 6.54 Å². The van der Waals surface area contributed by atoms with Crippen LogP contribution in [0.3, 0.4) is 0 Å². The normalized spacial score (nSPS) is 13.8. The maximum absolute atomic E-state index is 13.3. The number of carboxylic acid groups (broad SMARTS) is 2. The lowest BCUT2D eigenvalue weighted by Gasteiger charge is -2.25. The van der Waals surface area contributed by atoms with Crippen LogP contribution in [0.4, 0.5) is 0 Å². The summed E-state index contributed by atoms with van der Waals surface area (Å²) in [5, 5.41) is 35.1. The number of amides is 3. The molecule has 0 saturated carbocycles. The summed E-state index contributed by atoms with van der Waals surface area (Å²) in [6.07, 6.45) is -0.311. The maximum atomic E-state index is 13.3. The maximum Gasteiger partial charge on any atom is 0.326 e. The monoisotopic (exact) mass is 565 g/mol. The number of guanidine groups is 1. The van der Waals surface area contributed by atoms with Gasteiger partial charge in [0.1, 0.15) is 23.9 Å². The number of carboxylic acids is 2. The Morgan fingerprint density at radius 2 is 1.43 bits per heavy atom. The summed E-state index contributed by atoms with van der Waals surface area (Å²) in [7, 11) is 0. The third kappa shape index (κ3) is 12.9. The first-order valence-corrected chi connectivity index (χ1v) is 12.6. The van der Waals surface area contributed by atoms with Crippen LogP contribution in [0.15, 0.2) is 29.3 Å². The summed E-state index contributed by atoms with van der Waals surface area (Å²) < 4.78 is 0. The zero-order chi connectivity index (χ0) is 30.4. The SMILES string of the molecule is CC(C)CC(N)C(=O)NC(CCCN=C(N)N)C(=O)NC(Cc1ccc(O)cc1)C(=O)NC(CC(=O)O)C(=O)O. The summed E-state index contributed by atoms with van der Waals surface area (Å²) in [5.74, 6) is -5.41. The van der Waals surface area contributed by atoms with Gasteiger partial charge in [-0.3, -0.25) is 24.2 Å². The summed E-state index contributed by atoms with van der Waals surface area (Å²) in [6, 6.07) is 0.544. The Morgan fingerprint density at radius 1 is 0.875 bits per heavy atom. The van der Waals surface area contributed by atoms with Gasteiger partial charge in [-0.2, -0.15) is 0 Å². The number of nitrogens with two attached hydrogens (primary N) is 3. The van der Waals surface area contributed by atoms with E-state index in [0.717, 1.165) is 0 Å². The van der Waals surface area contributed by atoms with Crippen molar-refractivity contribution in [2.24, 2.45) is 28.1 Å². The van der Waals surface area contributed by atoms with Crippen LogP contribution >= 0.6 is 0 Å². The van der Waals surface area contributed by atoms with E-state index in [9.17, 15) is 34.2 Å². The standard InChI is InChI=1S/C25H39N7O8/c1-13(2)10-16(26)21(36)30-17(4-3-9-29-25(27)28)22(37)31-18(11-14-5-7-15(33)8-6-14)23(38)32-19(24(39)40)12-20(34)35/h5-8,13,16-19,33H,3-4,9-12,26H2,1-2H3,(H,30,36)(H,31,37)(H,32,38)(H,34,35)(H,39,40)(H4,27,28,29). The average molecular weight is 566 g/mol. The molecule has 0 heterocycles. The number of nitrogens with one attached hydrogen (secondary N) is 3. The lowest BCUT2D eigenvalue weighted by Crippen LogP contribution is -2.57. The third-order valence-electron chi connectivity index (χ3n) is 5.64. The highest BCUT2D eigenvalue weighted by Crippen LogP contribution is 2.12. The van der Waals surface area contributed by atoms with Crippen LogP contribution in [0.1, 0.15) is 45.1 Å². The van der Waals surface area contributed by atoms with Crippen molar-refractivity contribution in [2.45, 2.75) is 70.1 Å². The number of hydrogen-bond acceptors (Lipinski definition) is 8. The number of phenols is 1. The number of aliphatic imine (C=N–C) groups is 1. The molecule has 0 aromatic heterocycles. The molecule has 0 aliphatic heterocycles. The van der Waals surface area contributed by atoms with Crippen LogP contribution in [0.2, 0.25) is 0 Å². The predicted octanol–water partition coefficient (Wildman–Crippen LogP) is -1.62. The van der Waals surface area contributed by atoms with E-state index in [4.69, 9.17) is 22.3 Å². The van der Waals surface area contributed by atoms with Crippen LogP contribution < -0.4 is 33.2 Å². The second kappa shape index (κ2) is 16.5. The lowest BCUT2D eigenvalue weighted by atomic mass is 10.0. The number of aliphatic carboxylic acids is 2.